The summed E-state index contributed by atoms with van der Waals surface area (Å²) in [6.45, 7) is 1.14. The van der Waals surface area contributed by atoms with Gasteiger partial charge in [-0.2, -0.15) is 13.2 Å². The van der Waals surface area contributed by atoms with E-state index in [1.807, 2.05) is 0 Å². The van der Waals surface area contributed by atoms with Crippen LogP contribution in [0, 0.1) is 11.8 Å². The summed E-state index contributed by atoms with van der Waals surface area (Å²) in [5.74, 6) is 0.297. The lowest BCUT2D eigenvalue weighted by atomic mass is 9.78. The number of alkyl halides is 3. The van der Waals surface area contributed by atoms with Gasteiger partial charge in [0.25, 0.3) is 0 Å². The Hall–Kier alpha value is -0.780. The number of hydrogen-bond acceptors (Lipinski definition) is 2. The first-order valence-electron chi connectivity index (χ1n) is 6.47. The van der Waals surface area contributed by atoms with Crippen molar-refractivity contribution in [2.45, 2.75) is 44.3 Å². The molecule has 0 aromatic rings. The van der Waals surface area contributed by atoms with Crippen LogP contribution in [0.4, 0.5) is 13.2 Å². The van der Waals surface area contributed by atoms with Gasteiger partial charge in [0.05, 0.1) is 6.42 Å². The van der Waals surface area contributed by atoms with Crippen LogP contribution in [0.2, 0.25) is 0 Å². The molecule has 2 rings (SSSR count). The van der Waals surface area contributed by atoms with E-state index in [2.05, 4.69) is 0 Å². The van der Waals surface area contributed by atoms with E-state index in [9.17, 15) is 18.0 Å². The van der Waals surface area contributed by atoms with Crippen LogP contribution in [-0.2, 0) is 4.79 Å². The summed E-state index contributed by atoms with van der Waals surface area (Å²) in [4.78, 5) is 13.3. The first-order chi connectivity index (χ1) is 8.37. The number of fused-ring (bicyclic) bond motifs is 1. The SMILES string of the molecule is NC1CCCC2CN(C(=O)CCC(F)(F)F)CC12. The summed E-state index contributed by atoms with van der Waals surface area (Å²) >= 11 is 0. The van der Waals surface area contributed by atoms with Crippen molar-refractivity contribution in [3.63, 3.8) is 0 Å². The second-order valence-corrected chi connectivity index (χ2v) is 5.43. The van der Waals surface area contributed by atoms with Crippen LogP contribution in [0.5, 0.6) is 0 Å². The highest BCUT2D eigenvalue weighted by atomic mass is 19.4. The minimum atomic E-state index is -4.25. The Balaban J connectivity index is 1.86. The van der Waals surface area contributed by atoms with Crippen molar-refractivity contribution in [2.24, 2.45) is 17.6 Å². The third kappa shape index (κ3) is 3.16. The molecule has 3 atom stereocenters. The maximum atomic E-state index is 12.1. The van der Waals surface area contributed by atoms with Crippen molar-refractivity contribution in [1.82, 2.24) is 4.90 Å². The fraction of sp³-hybridized carbons (Fsp3) is 0.917. The molecule has 0 aromatic carbocycles. The zero-order valence-electron chi connectivity index (χ0n) is 10.2. The van der Waals surface area contributed by atoms with Crippen LogP contribution in [0.1, 0.15) is 32.1 Å². The topological polar surface area (TPSA) is 46.3 Å². The predicted molar refractivity (Wildman–Crippen MR) is 60.7 cm³/mol. The molecule has 0 aromatic heterocycles. The monoisotopic (exact) mass is 264 g/mol. The summed E-state index contributed by atoms with van der Waals surface area (Å²) in [5, 5.41) is 0. The van der Waals surface area contributed by atoms with Gasteiger partial charge in [-0.25, -0.2) is 0 Å². The molecule has 3 nitrogen and oxygen atoms in total. The van der Waals surface area contributed by atoms with Crippen molar-refractivity contribution in [2.75, 3.05) is 13.1 Å². The zero-order valence-corrected chi connectivity index (χ0v) is 10.2. The quantitative estimate of drug-likeness (QED) is 0.828. The number of carbonyl (C=O) groups is 1. The van der Waals surface area contributed by atoms with Gasteiger partial charge in [-0.15, -0.1) is 0 Å². The molecule has 1 aliphatic carbocycles. The molecule has 1 amide bonds. The van der Waals surface area contributed by atoms with Gasteiger partial charge in [0, 0.05) is 25.6 Å². The Labute approximate surface area is 104 Å². The molecule has 1 aliphatic heterocycles. The molecule has 2 N–H and O–H groups in total. The van der Waals surface area contributed by atoms with E-state index in [0.29, 0.717) is 19.0 Å². The second kappa shape index (κ2) is 5.07. The largest absolute Gasteiger partial charge is 0.389 e. The average Bonchev–Trinajstić information content (AvgIpc) is 2.70. The van der Waals surface area contributed by atoms with Crippen LogP contribution in [-0.4, -0.2) is 36.1 Å². The van der Waals surface area contributed by atoms with Crippen LogP contribution in [0.25, 0.3) is 0 Å². The fourth-order valence-corrected chi connectivity index (χ4v) is 3.13. The summed E-state index contributed by atoms with van der Waals surface area (Å²) < 4.78 is 36.2. The Bertz CT molecular complexity index is 319. The Kier molecular flexibility index (Phi) is 3.84. The maximum Gasteiger partial charge on any atom is 0.389 e. The van der Waals surface area contributed by atoms with Crippen LogP contribution in [0.15, 0.2) is 0 Å². The zero-order chi connectivity index (χ0) is 13.3. The second-order valence-electron chi connectivity index (χ2n) is 5.43. The number of nitrogens with zero attached hydrogens (tertiary/aromatic N) is 1. The lowest BCUT2D eigenvalue weighted by molar-refractivity contribution is -0.148. The molecular formula is C12H19F3N2O. The van der Waals surface area contributed by atoms with Gasteiger partial charge < -0.3 is 10.6 Å². The smallest absolute Gasteiger partial charge is 0.342 e. The van der Waals surface area contributed by atoms with Crippen molar-refractivity contribution >= 4 is 5.91 Å². The van der Waals surface area contributed by atoms with Crippen molar-refractivity contribution in [3.05, 3.63) is 0 Å². The summed E-state index contributed by atoms with van der Waals surface area (Å²) in [6, 6.07) is 0.101. The molecule has 1 heterocycles. The standard InChI is InChI=1S/C12H19F3N2O/c13-12(14,15)5-4-11(18)17-6-8-2-1-3-10(16)9(8)7-17/h8-10H,1-7,16H2. The number of carbonyl (C=O) groups excluding carboxylic acids is 1. The normalized spacial score (nSPS) is 32.4. The number of hydrogen-bond donors (Lipinski definition) is 1. The highest BCUT2D eigenvalue weighted by molar-refractivity contribution is 5.76. The molecule has 2 aliphatic rings. The lowest BCUT2D eigenvalue weighted by Crippen LogP contribution is -2.38. The van der Waals surface area contributed by atoms with Crippen LogP contribution in [0.3, 0.4) is 0 Å². The first kappa shape index (κ1) is 13.6. The Morgan fingerprint density at radius 1 is 1.28 bits per heavy atom. The molecule has 1 saturated carbocycles. The molecule has 1 saturated heterocycles. The van der Waals surface area contributed by atoms with E-state index in [1.165, 1.54) is 0 Å². The van der Waals surface area contributed by atoms with Crippen molar-refractivity contribution in [3.8, 4) is 0 Å². The Morgan fingerprint density at radius 2 is 2.00 bits per heavy atom. The first-order valence-corrected chi connectivity index (χ1v) is 6.47. The molecule has 18 heavy (non-hydrogen) atoms. The number of likely N-dealkylation sites (tertiary alicyclic amines) is 1. The van der Waals surface area contributed by atoms with Gasteiger partial charge in [-0.3, -0.25) is 4.79 Å². The van der Waals surface area contributed by atoms with Crippen LogP contribution >= 0.6 is 0 Å². The molecule has 0 radical (unpaired) electrons. The molecule has 3 unspecified atom stereocenters. The van der Waals surface area contributed by atoms with Gasteiger partial charge in [0.15, 0.2) is 0 Å². The summed E-state index contributed by atoms with van der Waals surface area (Å²) in [7, 11) is 0. The molecule has 0 bridgehead atoms. The molecule has 0 spiro atoms. The number of rotatable bonds is 2. The number of amides is 1. The van der Waals surface area contributed by atoms with E-state index in [0.717, 1.165) is 19.3 Å². The minimum Gasteiger partial charge on any atom is -0.342 e. The fourth-order valence-electron chi connectivity index (χ4n) is 3.13. The molecular weight excluding hydrogens is 245 g/mol. The van der Waals surface area contributed by atoms with E-state index >= 15 is 0 Å². The third-order valence-electron chi connectivity index (χ3n) is 4.13. The van der Waals surface area contributed by atoms with Gasteiger partial charge in [0.1, 0.15) is 0 Å². The highest BCUT2D eigenvalue weighted by Gasteiger charge is 2.40. The summed E-state index contributed by atoms with van der Waals surface area (Å²) in [6.07, 6.45) is -2.64. The van der Waals surface area contributed by atoms with E-state index in [-0.39, 0.29) is 17.9 Å². The maximum absolute atomic E-state index is 12.1. The Morgan fingerprint density at radius 3 is 2.61 bits per heavy atom. The minimum absolute atomic E-state index is 0.101. The predicted octanol–water partition coefficient (Wildman–Crippen LogP) is 1.91. The van der Waals surface area contributed by atoms with Crippen LogP contribution < -0.4 is 5.73 Å². The molecule has 2 fully saturated rings. The summed E-state index contributed by atoms with van der Waals surface area (Å²) in [5.41, 5.74) is 6.01. The average molecular weight is 264 g/mol. The highest BCUT2D eigenvalue weighted by Crippen LogP contribution is 2.36. The van der Waals surface area contributed by atoms with Gasteiger partial charge >= 0.3 is 6.18 Å². The lowest BCUT2D eigenvalue weighted by Gasteiger charge is -2.29. The third-order valence-corrected chi connectivity index (χ3v) is 4.13. The number of nitrogens with two attached hydrogens (primary N) is 1. The van der Waals surface area contributed by atoms with E-state index in [1.54, 1.807) is 4.90 Å². The van der Waals surface area contributed by atoms with E-state index in [4.69, 9.17) is 5.73 Å². The van der Waals surface area contributed by atoms with Gasteiger partial charge in [0.2, 0.25) is 5.91 Å². The van der Waals surface area contributed by atoms with Gasteiger partial charge in [-0.05, 0) is 24.7 Å². The molecule has 6 heteroatoms. The molecule has 104 valence electrons. The van der Waals surface area contributed by atoms with Crippen molar-refractivity contribution in [1.29, 1.82) is 0 Å². The van der Waals surface area contributed by atoms with Gasteiger partial charge in [-0.1, -0.05) is 6.42 Å². The number of halogens is 3. The van der Waals surface area contributed by atoms with E-state index < -0.39 is 19.0 Å². The van der Waals surface area contributed by atoms with Crippen molar-refractivity contribution < 1.29 is 18.0 Å².